The number of carbonyl (C=O) groups excluding carboxylic acids is 1. The first kappa shape index (κ1) is 16.7. The molecule has 1 rings (SSSR count). The number of nitrogens with one attached hydrogen (secondary N) is 1. The number of hydrogen-bond acceptors (Lipinski definition) is 3. The van der Waals surface area contributed by atoms with Crippen LogP contribution >= 0.6 is 23.4 Å². The van der Waals surface area contributed by atoms with Gasteiger partial charge in [-0.1, -0.05) is 0 Å². The molecule has 0 fully saturated rings. The van der Waals surface area contributed by atoms with Crippen LogP contribution in [0.5, 0.6) is 0 Å². The Balaban J connectivity index is 2.45. The van der Waals surface area contributed by atoms with Gasteiger partial charge in [0.1, 0.15) is 0 Å². The first-order valence-electron chi connectivity index (χ1n) is 5.53. The van der Waals surface area contributed by atoms with Crippen LogP contribution in [0.4, 0.5) is 5.69 Å². The summed E-state index contributed by atoms with van der Waals surface area (Å²) >= 11 is 2.28. The van der Waals surface area contributed by atoms with Crippen LogP contribution in [0.25, 0.3) is 0 Å². The quantitative estimate of drug-likeness (QED) is 0.372. The Morgan fingerprint density at radius 3 is 2.42 bits per heavy atom. The van der Waals surface area contributed by atoms with Crippen LogP contribution < -0.4 is 9.67 Å². The van der Waals surface area contributed by atoms with Crippen molar-refractivity contribution in [2.45, 2.75) is 6.42 Å². The molecule has 0 aliphatic heterocycles. The second-order valence-electron chi connectivity index (χ2n) is 3.69. The molecule has 0 aliphatic carbocycles. The summed E-state index contributed by atoms with van der Waals surface area (Å²) in [4.78, 5) is 11.6. The van der Waals surface area contributed by atoms with Gasteiger partial charge in [-0.05, 0) is 0 Å². The Bertz CT molecular complexity index is 462. The van der Waals surface area contributed by atoms with E-state index < -0.39 is 14.2 Å². The van der Waals surface area contributed by atoms with Gasteiger partial charge in [0.05, 0.1) is 0 Å². The Labute approximate surface area is 123 Å². The zero-order valence-electron chi connectivity index (χ0n) is 10.1. The first-order valence-corrected chi connectivity index (χ1v) is 10.6. The Morgan fingerprint density at radius 2 is 1.89 bits per heavy atom. The fourth-order valence-electron chi connectivity index (χ4n) is 1.28. The normalized spacial score (nSPS) is 11.3. The molecule has 3 N–H and O–H groups in total. The summed E-state index contributed by atoms with van der Waals surface area (Å²) < 4.78 is 29.0. The molecule has 0 saturated carbocycles. The van der Waals surface area contributed by atoms with Gasteiger partial charge >= 0.3 is 124 Å². The topological polar surface area (TPSA) is 86.6 Å². The van der Waals surface area contributed by atoms with Crippen LogP contribution in [-0.4, -0.2) is 45.7 Å². The number of carbonyl (C=O) groups is 1. The molecule has 0 bridgehead atoms. The van der Waals surface area contributed by atoms with Gasteiger partial charge in [0.2, 0.25) is 0 Å². The van der Waals surface area contributed by atoms with Gasteiger partial charge < -0.3 is 0 Å². The van der Waals surface area contributed by atoms with Gasteiger partial charge in [0, 0.05) is 0 Å². The van der Waals surface area contributed by atoms with Gasteiger partial charge in [-0.25, -0.2) is 0 Å². The van der Waals surface area contributed by atoms with Crippen molar-refractivity contribution in [3.8, 4) is 0 Å². The molecule has 0 radical (unpaired) electrons. The number of alkyl halides is 1. The maximum absolute atomic E-state index is 11.6. The van der Waals surface area contributed by atoms with Crippen LogP contribution in [0.15, 0.2) is 24.3 Å². The zero-order valence-corrected chi connectivity index (χ0v) is 13.5. The van der Waals surface area contributed by atoms with Gasteiger partial charge in [0.15, 0.2) is 0 Å². The average molecular weight is 368 g/mol. The molecule has 0 saturated heterocycles. The fourth-order valence-corrected chi connectivity index (χ4v) is 3.38. The van der Waals surface area contributed by atoms with Gasteiger partial charge in [-0.2, -0.15) is 0 Å². The van der Waals surface area contributed by atoms with E-state index in [1.807, 2.05) is 0 Å². The third-order valence-corrected chi connectivity index (χ3v) is 5.62. The van der Waals surface area contributed by atoms with Crippen molar-refractivity contribution in [2.75, 3.05) is 22.7 Å². The van der Waals surface area contributed by atoms with Crippen LogP contribution in [-0.2, 0) is 8.53 Å². The molecule has 0 aliphatic rings. The van der Waals surface area contributed by atoms with E-state index in [0.717, 1.165) is 5.75 Å². The molecule has 0 atom stereocenters. The molecule has 1 amide bonds. The molecule has 0 spiro atoms. The van der Waals surface area contributed by atoms with Crippen molar-refractivity contribution >= 4 is 53.5 Å². The Morgan fingerprint density at radius 1 is 1.26 bits per heavy atom. The SMILES string of the molecule is O=C(CCSCCCl)Nc1ccc([As](=O)(O)O)cc1. The number of anilines is 1. The molecule has 5 nitrogen and oxygen atoms in total. The van der Waals surface area contributed by atoms with Crippen molar-refractivity contribution in [3.05, 3.63) is 24.3 Å². The van der Waals surface area contributed by atoms with E-state index in [2.05, 4.69) is 5.32 Å². The Hall–Kier alpha value is -0.392. The van der Waals surface area contributed by atoms with E-state index in [4.69, 9.17) is 19.8 Å². The summed E-state index contributed by atoms with van der Waals surface area (Å²) in [7, 11) is 0. The van der Waals surface area contributed by atoms with Crippen molar-refractivity contribution in [1.82, 2.24) is 0 Å². The van der Waals surface area contributed by atoms with E-state index in [9.17, 15) is 8.53 Å². The van der Waals surface area contributed by atoms with Crippen LogP contribution in [0.2, 0.25) is 0 Å². The van der Waals surface area contributed by atoms with Crippen LogP contribution in [0.1, 0.15) is 6.42 Å². The first-order chi connectivity index (χ1) is 8.93. The summed E-state index contributed by atoms with van der Waals surface area (Å²) in [5.74, 6) is 1.95. The third-order valence-electron chi connectivity index (χ3n) is 2.18. The number of halogens is 1. The minimum atomic E-state index is -4.84. The number of amides is 1. The number of thioether (sulfide) groups is 1. The van der Waals surface area contributed by atoms with Crippen molar-refractivity contribution in [3.63, 3.8) is 0 Å². The summed E-state index contributed by atoms with van der Waals surface area (Å²) in [6.07, 6.45) is 0.381. The molecular formula is C11H15AsClNO4S. The molecule has 0 heterocycles. The molecule has 0 unspecified atom stereocenters. The molecule has 1 aromatic carbocycles. The summed E-state index contributed by atoms with van der Waals surface area (Å²) in [5, 5.41) is 2.67. The molecule has 1 aromatic rings. The van der Waals surface area contributed by atoms with Crippen molar-refractivity contribution < 1.29 is 16.7 Å². The third kappa shape index (κ3) is 6.54. The Kier molecular flexibility index (Phi) is 7.03. The predicted octanol–water partition coefficient (Wildman–Crippen LogP) is 0.548. The summed E-state index contributed by atoms with van der Waals surface area (Å²) in [6, 6.07) is 5.63. The van der Waals surface area contributed by atoms with E-state index in [1.54, 1.807) is 11.8 Å². The second-order valence-corrected chi connectivity index (χ2v) is 8.66. The number of hydrogen-bond donors (Lipinski definition) is 3. The van der Waals surface area contributed by atoms with Crippen LogP contribution in [0, 0.1) is 0 Å². The van der Waals surface area contributed by atoms with Crippen molar-refractivity contribution in [2.24, 2.45) is 0 Å². The van der Waals surface area contributed by atoms with Crippen LogP contribution in [0.3, 0.4) is 0 Å². The standard InChI is InChI=1S/C11H15AsClNO4S/c13-6-8-19-7-5-11(15)14-10-3-1-9(2-4-10)12(16,17)18/h1-4H,5-8H2,(H,14,15)(H2,16,17,18). The summed E-state index contributed by atoms with van der Waals surface area (Å²) in [5.41, 5.74) is 0.528. The summed E-state index contributed by atoms with van der Waals surface area (Å²) in [6.45, 7) is 0. The molecular weight excluding hydrogens is 353 g/mol. The molecule has 8 heteroatoms. The second kappa shape index (κ2) is 8.02. The average Bonchev–Trinajstić information content (AvgIpc) is 2.34. The van der Waals surface area contributed by atoms with Crippen molar-refractivity contribution in [1.29, 1.82) is 0 Å². The van der Waals surface area contributed by atoms with Gasteiger partial charge in [-0.15, -0.1) is 0 Å². The van der Waals surface area contributed by atoms with Gasteiger partial charge in [-0.3, -0.25) is 0 Å². The minimum absolute atomic E-state index is 0.00575. The van der Waals surface area contributed by atoms with E-state index in [1.165, 1.54) is 24.3 Å². The van der Waals surface area contributed by atoms with E-state index >= 15 is 0 Å². The maximum atomic E-state index is 11.6. The van der Waals surface area contributed by atoms with Gasteiger partial charge in [0.25, 0.3) is 0 Å². The monoisotopic (exact) mass is 367 g/mol. The number of benzene rings is 1. The van der Waals surface area contributed by atoms with E-state index in [0.29, 0.717) is 23.7 Å². The van der Waals surface area contributed by atoms with E-state index in [-0.39, 0.29) is 10.3 Å². The predicted molar refractivity (Wildman–Crippen MR) is 78.2 cm³/mol. The fraction of sp³-hybridized carbons (Fsp3) is 0.364. The number of rotatable bonds is 7. The molecule has 106 valence electrons. The zero-order chi connectivity index (χ0) is 14.3. The molecule has 19 heavy (non-hydrogen) atoms. The molecule has 0 aromatic heterocycles.